The number of anilines is 1. The SMILES string of the molecule is O=C(Nc1ccccc1C(=O)NC[C@H]1CCCO1)c1ccc(C[NH+]2CCOCC2)cc1. The molecule has 0 radical (unpaired) electrons. The molecule has 4 rings (SSSR count). The first-order chi connectivity index (χ1) is 15.2. The molecule has 0 aromatic heterocycles. The van der Waals surface area contributed by atoms with Crippen molar-refractivity contribution < 1.29 is 24.0 Å². The summed E-state index contributed by atoms with van der Waals surface area (Å²) >= 11 is 0. The van der Waals surface area contributed by atoms with Crippen LogP contribution in [0.3, 0.4) is 0 Å². The number of hydrogen-bond acceptors (Lipinski definition) is 4. The van der Waals surface area contributed by atoms with Gasteiger partial charge >= 0.3 is 0 Å². The third-order valence-electron chi connectivity index (χ3n) is 5.80. The highest BCUT2D eigenvalue weighted by molar-refractivity contribution is 6.09. The Morgan fingerprint density at radius 1 is 0.968 bits per heavy atom. The smallest absolute Gasteiger partial charge is 0.255 e. The van der Waals surface area contributed by atoms with Crippen LogP contribution in [0.25, 0.3) is 0 Å². The molecule has 0 spiro atoms. The van der Waals surface area contributed by atoms with E-state index in [9.17, 15) is 9.59 Å². The van der Waals surface area contributed by atoms with Gasteiger partial charge in [-0.15, -0.1) is 0 Å². The Morgan fingerprint density at radius 2 is 1.74 bits per heavy atom. The van der Waals surface area contributed by atoms with Crippen molar-refractivity contribution in [3.8, 4) is 0 Å². The standard InChI is InChI=1S/C24H29N3O4/c28-23(19-9-7-18(8-10-19)17-27-11-14-30-15-12-27)26-22-6-2-1-5-21(22)24(29)25-16-20-4-3-13-31-20/h1-2,5-10,20H,3-4,11-17H2,(H,25,29)(H,26,28)/p+1/t20-/m1/s1. The molecule has 7 nitrogen and oxygen atoms in total. The lowest BCUT2D eigenvalue weighted by molar-refractivity contribution is -0.921. The highest BCUT2D eigenvalue weighted by Gasteiger charge is 2.19. The van der Waals surface area contributed by atoms with Crippen LogP contribution in [0, 0.1) is 0 Å². The highest BCUT2D eigenvalue weighted by Crippen LogP contribution is 2.17. The van der Waals surface area contributed by atoms with Gasteiger partial charge in [0, 0.05) is 24.3 Å². The van der Waals surface area contributed by atoms with E-state index in [-0.39, 0.29) is 17.9 Å². The van der Waals surface area contributed by atoms with Crippen LogP contribution in [0.2, 0.25) is 0 Å². The lowest BCUT2D eigenvalue weighted by atomic mass is 10.1. The maximum Gasteiger partial charge on any atom is 0.255 e. The van der Waals surface area contributed by atoms with Crippen LogP contribution in [-0.2, 0) is 16.0 Å². The predicted molar refractivity (Wildman–Crippen MR) is 117 cm³/mol. The van der Waals surface area contributed by atoms with Gasteiger partial charge in [-0.2, -0.15) is 0 Å². The van der Waals surface area contributed by atoms with E-state index in [0.29, 0.717) is 23.4 Å². The summed E-state index contributed by atoms with van der Waals surface area (Å²) in [5, 5.41) is 5.80. The summed E-state index contributed by atoms with van der Waals surface area (Å²) in [4.78, 5) is 26.9. The third-order valence-corrected chi connectivity index (χ3v) is 5.80. The Hall–Kier alpha value is -2.74. The van der Waals surface area contributed by atoms with Gasteiger partial charge in [0.1, 0.15) is 19.6 Å². The molecular weight excluding hydrogens is 394 g/mol. The van der Waals surface area contributed by atoms with Crippen LogP contribution in [-0.4, -0.2) is 57.4 Å². The maximum atomic E-state index is 12.8. The Labute approximate surface area is 182 Å². The average Bonchev–Trinajstić information content (AvgIpc) is 3.33. The van der Waals surface area contributed by atoms with Crippen molar-refractivity contribution in [1.29, 1.82) is 0 Å². The van der Waals surface area contributed by atoms with Crippen LogP contribution in [0.1, 0.15) is 39.1 Å². The predicted octanol–water partition coefficient (Wildman–Crippen LogP) is 1.26. The average molecular weight is 425 g/mol. The Bertz CT molecular complexity index is 888. The monoisotopic (exact) mass is 424 g/mol. The summed E-state index contributed by atoms with van der Waals surface area (Å²) in [7, 11) is 0. The van der Waals surface area contributed by atoms with Gasteiger partial charge in [-0.1, -0.05) is 24.3 Å². The van der Waals surface area contributed by atoms with Crippen molar-refractivity contribution in [1.82, 2.24) is 5.32 Å². The molecule has 2 amide bonds. The van der Waals surface area contributed by atoms with Gasteiger partial charge < -0.3 is 25.0 Å². The maximum absolute atomic E-state index is 12.8. The van der Waals surface area contributed by atoms with Crippen molar-refractivity contribution in [3.63, 3.8) is 0 Å². The molecule has 2 aromatic carbocycles. The topological polar surface area (TPSA) is 81.1 Å². The first-order valence-electron chi connectivity index (χ1n) is 11.0. The van der Waals surface area contributed by atoms with E-state index in [2.05, 4.69) is 10.6 Å². The summed E-state index contributed by atoms with van der Waals surface area (Å²) in [5.74, 6) is -0.445. The first-order valence-corrected chi connectivity index (χ1v) is 11.0. The van der Waals surface area contributed by atoms with Crippen molar-refractivity contribution in [3.05, 3.63) is 65.2 Å². The number of benzene rings is 2. The molecule has 2 aliphatic rings. The molecule has 0 unspecified atom stereocenters. The summed E-state index contributed by atoms with van der Waals surface area (Å²) in [6, 6.07) is 14.7. The molecule has 7 heteroatoms. The number of carbonyl (C=O) groups excluding carboxylic acids is 2. The number of para-hydroxylation sites is 1. The lowest BCUT2D eigenvalue weighted by Crippen LogP contribution is -3.12. The minimum atomic E-state index is -0.232. The van der Waals surface area contributed by atoms with Crippen LogP contribution < -0.4 is 15.5 Å². The van der Waals surface area contributed by atoms with Crippen LogP contribution in [0.5, 0.6) is 0 Å². The van der Waals surface area contributed by atoms with Crippen molar-refractivity contribution in [2.24, 2.45) is 0 Å². The molecule has 2 aliphatic heterocycles. The van der Waals surface area contributed by atoms with Crippen molar-refractivity contribution in [2.75, 3.05) is 44.8 Å². The third kappa shape index (κ3) is 5.91. The molecular formula is C24H30N3O4+. The van der Waals surface area contributed by atoms with E-state index in [1.165, 1.54) is 10.5 Å². The van der Waals surface area contributed by atoms with Crippen LogP contribution in [0.4, 0.5) is 5.69 Å². The Morgan fingerprint density at radius 3 is 2.48 bits per heavy atom. The molecule has 2 heterocycles. The molecule has 164 valence electrons. The van der Waals surface area contributed by atoms with Gasteiger partial charge in [0.15, 0.2) is 0 Å². The fourth-order valence-corrected chi connectivity index (χ4v) is 3.99. The highest BCUT2D eigenvalue weighted by atomic mass is 16.5. The zero-order valence-corrected chi connectivity index (χ0v) is 17.7. The number of nitrogens with one attached hydrogen (secondary N) is 3. The minimum Gasteiger partial charge on any atom is -0.376 e. The number of carbonyl (C=O) groups is 2. The van der Waals surface area contributed by atoms with E-state index in [4.69, 9.17) is 9.47 Å². The molecule has 2 aromatic rings. The number of amides is 2. The normalized spacial score (nSPS) is 19.2. The van der Waals surface area contributed by atoms with Gasteiger partial charge in [-0.25, -0.2) is 0 Å². The summed E-state index contributed by atoms with van der Waals surface area (Å²) < 4.78 is 11.0. The number of rotatable bonds is 7. The second-order valence-electron chi connectivity index (χ2n) is 8.08. The van der Waals surface area contributed by atoms with E-state index < -0.39 is 0 Å². The molecule has 0 saturated carbocycles. The first kappa shape index (κ1) is 21.5. The van der Waals surface area contributed by atoms with Crippen LogP contribution in [0.15, 0.2) is 48.5 Å². The Kier molecular flexibility index (Phi) is 7.30. The quantitative estimate of drug-likeness (QED) is 0.625. The van der Waals surface area contributed by atoms with E-state index in [1.54, 1.807) is 24.3 Å². The molecule has 0 bridgehead atoms. The van der Waals surface area contributed by atoms with E-state index >= 15 is 0 Å². The molecule has 0 aliphatic carbocycles. The second kappa shape index (κ2) is 10.5. The zero-order valence-electron chi connectivity index (χ0n) is 17.7. The number of quaternary nitrogens is 1. The van der Waals surface area contributed by atoms with E-state index in [0.717, 1.165) is 52.3 Å². The summed E-state index contributed by atoms with van der Waals surface area (Å²) in [6.45, 7) is 5.78. The van der Waals surface area contributed by atoms with Crippen LogP contribution >= 0.6 is 0 Å². The Balaban J connectivity index is 1.36. The number of morpholine rings is 1. The largest absolute Gasteiger partial charge is 0.376 e. The molecule has 2 saturated heterocycles. The summed E-state index contributed by atoms with van der Waals surface area (Å²) in [5.41, 5.74) is 2.71. The summed E-state index contributed by atoms with van der Waals surface area (Å²) in [6.07, 6.45) is 2.06. The van der Waals surface area contributed by atoms with E-state index in [1.807, 2.05) is 24.3 Å². The van der Waals surface area contributed by atoms with Gasteiger partial charge in [-0.05, 0) is 37.1 Å². The van der Waals surface area contributed by atoms with Gasteiger partial charge in [0.2, 0.25) is 0 Å². The van der Waals surface area contributed by atoms with Gasteiger partial charge in [-0.3, -0.25) is 9.59 Å². The van der Waals surface area contributed by atoms with Gasteiger partial charge in [0.25, 0.3) is 11.8 Å². The van der Waals surface area contributed by atoms with Gasteiger partial charge in [0.05, 0.1) is 30.6 Å². The van der Waals surface area contributed by atoms with Crippen molar-refractivity contribution >= 4 is 17.5 Å². The minimum absolute atomic E-state index is 0.0727. The zero-order chi connectivity index (χ0) is 21.5. The fraction of sp³-hybridized carbons (Fsp3) is 0.417. The fourth-order valence-electron chi connectivity index (χ4n) is 3.99. The molecule has 31 heavy (non-hydrogen) atoms. The second-order valence-corrected chi connectivity index (χ2v) is 8.08. The molecule has 3 N–H and O–H groups in total. The number of ether oxygens (including phenoxy) is 2. The number of hydrogen-bond donors (Lipinski definition) is 3. The lowest BCUT2D eigenvalue weighted by Gasteiger charge is -2.23. The molecule has 2 fully saturated rings. The van der Waals surface area contributed by atoms with Crippen molar-refractivity contribution in [2.45, 2.75) is 25.5 Å². The molecule has 1 atom stereocenters.